The third-order valence-corrected chi connectivity index (χ3v) is 3.51. The third-order valence-electron chi connectivity index (χ3n) is 3.51. The Kier molecular flexibility index (Phi) is 3.04. The minimum atomic E-state index is -0.272. The van der Waals surface area contributed by atoms with Crippen molar-refractivity contribution >= 4 is 17.0 Å². The van der Waals surface area contributed by atoms with Crippen molar-refractivity contribution in [1.29, 1.82) is 0 Å². The van der Waals surface area contributed by atoms with Crippen LogP contribution in [0.25, 0.3) is 22.5 Å². The molecular formula is C16H12FN5O. The average molecular weight is 309 g/mol. The van der Waals surface area contributed by atoms with E-state index < -0.39 is 0 Å². The summed E-state index contributed by atoms with van der Waals surface area (Å²) in [5.41, 5.74) is 7.93. The van der Waals surface area contributed by atoms with Crippen molar-refractivity contribution in [3.8, 4) is 11.5 Å². The number of anilines is 1. The van der Waals surface area contributed by atoms with Gasteiger partial charge in [-0.25, -0.2) is 14.1 Å². The molecule has 0 bridgehead atoms. The van der Waals surface area contributed by atoms with E-state index in [0.29, 0.717) is 23.6 Å². The van der Waals surface area contributed by atoms with Gasteiger partial charge in [0.1, 0.15) is 11.5 Å². The van der Waals surface area contributed by atoms with Gasteiger partial charge in [-0.05, 0) is 29.8 Å². The zero-order chi connectivity index (χ0) is 15.8. The monoisotopic (exact) mass is 309 g/mol. The van der Waals surface area contributed by atoms with E-state index >= 15 is 0 Å². The molecule has 0 unspecified atom stereocenters. The fourth-order valence-electron chi connectivity index (χ4n) is 2.45. The van der Waals surface area contributed by atoms with Crippen LogP contribution in [-0.2, 0) is 6.54 Å². The Morgan fingerprint density at radius 2 is 1.96 bits per heavy atom. The number of aromatic nitrogens is 4. The quantitative estimate of drug-likeness (QED) is 0.629. The first-order chi connectivity index (χ1) is 11.2. The predicted octanol–water partition coefficient (Wildman–Crippen LogP) is 2.86. The maximum Gasteiger partial charge on any atom is 0.222 e. The molecule has 4 rings (SSSR count). The summed E-state index contributed by atoms with van der Waals surface area (Å²) < 4.78 is 20.1. The molecule has 3 heterocycles. The molecule has 7 heteroatoms. The highest BCUT2D eigenvalue weighted by Gasteiger charge is 2.15. The molecule has 3 aromatic heterocycles. The van der Waals surface area contributed by atoms with E-state index in [1.807, 2.05) is 0 Å². The van der Waals surface area contributed by atoms with E-state index in [-0.39, 0.29) is 11.8 Å². The van der Waals surface area contributed by atoms with Crippen LogP contribution in [0, 0.1) is 5.82 Å². The number of benzene rings is 1. The highest BCUT2D eigenvalue weighted by Crippen LogP contribution is 2.27. The number of nitrogens with two attached hydrogens (primary N) is 1. The summed E-state index contributed by atoms with van der Waals surface area (Å²) in [6, 6.07) is 9.83. The highest BCUT2D eigenvalue weighted by molar-refractivity contribution is 5.89. The number of nitrogen functional groups attached to an aromatic ring is 1. The van der Waals surface area contributed by atoms with E-state index in [4.69, 9.17) is 10.2 Å². The van der Waals surface area contributed by atoms with Crippen LogP contribution in [0.15, 0.2) is 53.3 Å². The van der Waals surface area contributed by atoms with Crippen LogP contribution >= 0.6 is 0 Å². The summed E-state index contributed by atoms with van der Waals surface area (Å²) in [4.78, 5) is 8.52. The van der Waals surface area contributed by atoms with E-state index in [1.165, 1.54) is 12.1 Å². The van der Waals surface area contributed by atoms with E-state index in [1.54, 1.807) is 41.4 Å². The molecule has 0 saturated heterocycles. The Balaban J connectivity index is 1.81. The number of hydrogen-bond acceptors (Lipinski definition) is 5. The first kappa shape index (κ1) is 13.4. The molecule has 0 saturated carbocycles. The van der Waals surface area contributed by atoms with Gasteiger partial charge in [-0.2, -0.15) is 10.1 Å². The average Bonchev–Trinajstić information content (AvgIpc) is 3.19. The van der Waals surface area contributed by atoms with E-state index in [9.17, 15) is 4.39 Å². The third kappa shape index (κ3) is 2.42. The van der Waals surface area contributed by atoms with Gasteiger partial charge in [0.15, 0.2) is 11.4 Å². The van der Waals surface area contributed by atoms with Crippen LogP contribution in [0.3, 0.4) is 0 Å². The molecule has 4 aromatic rings. The lowest BCUT2D eigenvalue weighted by Gasteiger charge is -2.05. The van der Waals surface area contributed by atoms with Crippen LogP contribution in [0.5, 0.6) is 0 Å². The number of hydrogen-bond donors (Lipinski definition) is 1. The molecule has 0 fully saturated rings. The molecule has 0 amide bonds. The number of fused-ring (bicyclic) bond motifs is 1. The number of furan rings is 1. The van der Waals surface area contributed by atoms with Gasteiger partial charge in [0.05, 0.1) is 24.4 Å². The Morgan fingerprint density at radius 3 is 2.70 bits per heavy atom. The van der Waals surface area contributed by atoms with Crippen LogP contribution in [0.2, 0.25) is 0 Å². The van der Waals surface area contributed by atoms with Crippen molar-refractivity contribution in [2.75, 3.05) is 5.73 Å². The summed E-state index contributed by atoms with van der Waals surface area (Å²) in [6.07, 6.45) is 3.25. The van der Waals surface area contributed by atoms with Crippen molar-refractivity contribution in [2.45, 2.75) is 6.54 Å². The Bertz CT molecular complexity index is 960. The zero-order valence-electron chi connectivity index (χ0n) is 12.0. The van der Waals surface area contributed by atoms with Gasteiger partial charge < -0.3 is 10.2 Å². The van der Waals surface area contributed by atoms with Crippen LogP contribution in [-0.4, -0.2) is 19.7 Å². The van der Waals surface area contributed by atoms with Crippen molar-refractivity contribution in [1.82, 2.24) is 19.7 Å². The Hall–Kier alpha value is -3.22. The lowest BCUT2D eigenvalue weighted by molar-refractivity contribution is 0.580. The molecule has 1 aromatic carbocycles. The predicted molar refractivity (Wildman–Crippen MR) is 82.9 cm³/mol. The molecule has 2 N–H and O–H groups in total. The Labute approximate surface area is 130 Å². The van der Waals surface area contributed by atoms with Gasteiger partial charge in [-0.1, -0.05) is 12.1 Å². The topological polar surface area (TPSA) is 82.8 Å². The largest absolute Gasteiger partial charge is 0.463 e. The lowest BCUT2D eigenvalue weighted by atomic mass is 10.2. The van der Waals surface area contributed by atoms with Gasteiger partial charge in [-0.15, -0.1) is 0 Å². The van der Waals surface area contributed by atoms with Crippen LogP contribution in [0.1, 0.15) is 5.56 Å². The molecule has 0 aliphatic heterocycles. The molecule has 0 aliphatic rings. The number of nitrogens with zero attached hydrogens (tertiary/aromatic N) is 4. The Morgan fingerprint density at radius 1 is 1.13 bits per heavy atom. The first-order valence-corrected chi connectivity index (χ1v) is 6.98. The molecule has 0 atom stereocenters. The highest BCUT2D eigenvalue weighted by atomic mass is 19.1. The van der Waals surface area contributed by atoms with Crippen molar-refractivity contribution in [2.24, 2.45) is 0 Å². The van der Waals surface area contributed by atoms with Gasteiger partial charge in [0.25, 0.3) is 0 Å². The number of halogens is 1. The second-order valence-electron chi connectivity index (χ2n) is 5.07. The first-order valence-electron chi connectivity index (χ1n) is 6.98. The van der Waals surface area contributed by atoms with Crippen molar-refractivity contribution in [3.63, 3.8) is 0 Å². The van der Waals surface area contributed by atoms with Gasteiger partial charge >= 0.3 is 0 Å². The van der Waals surface area contributed by atoms with Gasteiger partial charge in [0, 0.05) is 0 Å². The molecular weight excluding hydrogens is 297 g/mol. The smallest absolute Gasteiger partial charge is 0.222 e. The van der Waals surface area contributed by atoms with Crippen LogP contribution in [0.4, 0.5) is 10.3 Å². The normalized spacial score (nSPS) is 11.2. The lowest BCUT2D eigenvalue weighted by Crippen LogP contribution is -2.05. The summed E-state index contributed by atoms with van der Waals surface area (Å²) in [7, 11) is 0. The molecule has 0 spiro atoms. The summed E-state index contributed by atoms with van der Waals surface area (Å²) in [5, 5.41) is 5.09. The molecule has 0 aliphatic carbocycles. The minimum Gasteiger partial charge on any atom is -0.463 e. The fourth-order valence-corrected chi connectivity index (χ4v) is 2.45. The van der Waals surface area contributed by atoms with Gasteiger partial charge in [-0.3, -0.25) is 0 Å². The molecule has 0 radical (unpaired) electrons. The molecule has 6 nitrogen and oxygen atoms in total. The SMILES string of the molecule is Nc1nc(-c2ccco2)c2cnn(Cc3ccc(F)cc3)c2n1. The standard InChI is InChI=1S/C16H12FN5O/c17-11-5-3-10(4-6-11)9-22-15-12(8-19-22)14(20-16(18)21-15)13-2-1-7-23-13/h1-8H,9H2,(H2,18,20,21). The summed E-state index contributed by atoms with van der Waals surface area (Å²) in [5.74, 6) is 0.473. The maximum atomic E-state index is 13.0. The van der Waals surface area contributed by atoms with Crippen molar-refractivity contribution in [3.05, 3.63) is 60.2 Å². The van der Waals surface area contributed by atoms with Crippen LogP contribution < -0.4 is 5.73 Å². The second-order valence-corrected chi connectivity index (χ2v) is 5.07. The van der Waals surface area contributed by atoms with Crippen molar-refractivity contribution < 1.29 is 8.81 Å². The second kappa shape index (κ2) is 5.20. The minimum absolute atomic E-state index is 0.143. The summed E-state index contributed by atoms with van der Waals surface area (Å²) in [6.45, 7) is 0.456. The van der Waals surface area contributed by atoms with E-state index in [0.717, 1.165) is 10.9 Å². The summed E-state index contributed by atoms with van der Waals surface area (Å²) >= 11 is 0. The fraction of sp³-hybridized carbons (Fsp3) is 0.0625. The van der Waals surface area contributed by atoms with Gasteiger partial charge in [0.2, 0.25) is 5.95 Å². The number of rotatable bonds is 3. The molecule has 23 heavy (non-hydrogen) atoms. The zero-order valence-corrected chi connectivity index (χ0v) is 12.0. The maximum absolute atomic E-state index is 13.0. The molecule has 114 valence electrons. The van der Waals surface area contributed by atoms with E-state index in [2.05, 4.69) is 15.1 Å².